The number of aromatic nitrogens is 1. The Labute approximate surface area is 173 Å². The van der Waals surface area contributed by atoms with E-state index in [4.69, 9.17) is 25.5 Å². The van der Waals surface area contributed by atoms with Gasteiger partial charge in [0.2, 0.25) is 10.0 Å². The van der Waals surface area contributed by atoms with Crippen molar-refractivity contribution < 1.29 is 22.3 Å². The van der Waals surface area contributed by atoms with Crippen LogP contribution < -0.4 is 20.0 Å². The molecule has 156 valence electrons. The van der Waals surface area contributed by atoms with Crippen molar-refractivity contribution in [2.24, 2.45) is 7.05 Å². The van der Waals surface area contributed by atoms with Crippen LogP contribution in [0.15, 0.2) is 44.4 Å². The first-order valence-corrected chi connectivity index (χ1v) is 10.5. The van der Waals surface area contributed by atoms with E-state index in [0.717, 1.165) is 5.56 Å². The fourth-order valence-electron chi connectivity index (χ4n) is 3.07. The minimum absolute atomic E-state index is 0.000262. The molecule has 1 heterocycles. The number of nitrogens with one attached hydrogen (secondary N) is 1. The number of benzene rings is 2. The lowest BCUT2D eigenvalue weighted by atomic mass is 10.1. The van der Waals surface area contributed by atoms with Crippen molar-refractivity contribution in [3.63, 3.8) is 0 Å². The summed E-state index contributed by atoms with van der Waals surface area (Å²) < 4.78 is 45.1. The first kappa shape index (κ1) is 21.2. The van der Waals surface area contributed by atoms with Crippen molar-refractivity contribution in [2.75, 3.05) is 14.2 Å². The fourth-order valence-corrected chi connectivity index (χ4v) is 4.85. The Morgan fingerprint density at radius 3 is 2.52 bits per heavy atom. The fraction of sp³-hybridized carbons (Fsp3) is 0.316. The highest BCUT2D eigenvalue weighted by molar-refractivity contribution is 7.89. The van der Waals surface area contributed by atoms with Gasteiger partial charge < -0.3 is 13.9 Å². The summed E-state index contributed by atoms with van der Waals surface area (Å²) in [5.74, 6) is 0.557. The van der Waals surface area contributed by atoms with Gasteiger partial charge in [-0.2, -0.15) is 0 Å². The Kier molecular flexibility index (Phi) is 5.92. The first-order chi connectivity index (χ1) is 13.7. The van der Waals surface area contributed by atoms with E-state index in [1.807, 2.05) is 6.07 Å². The Bertz CT molecular complexity index is 1220. The highest BCUT2D eigenvalue weighted by atomic mass is 35.5. The molecule has 29 heavy (non-hydrogen) atoms. The van der Waals surface area contributed by atoms with Crippen molar-refractivity contribution in [3.05, 3.63) is 51.5 Å². The quantitative estimate of drug-likeness (QED) is 0.606. The highest BCUT2D eigenvalue weighted by Gasteiger charge is 2.23. The number of ether oxygens (including phenoxy) is 2. The number of hydrogen-bond acceptors (Lipinski definition) is 6. The molecular formula is C19H21ClN2O6S. The molecule has 10 heteroatoms. The number of aryl methyl sites for hydroxylation is 1. The smallest absolute Gasteiger partial charge is 0.419 e. The second-order valence-electron chi connectivity index (χ2n) is 6.59. The minimum atomic E-state index is -3.94. The van der Waals surface area contributed by atoms with Gasteiger partial charge in [0, 0.05) is 19.2 Å². The Balaban J connectivity index is 1.84. The predicted octanol–water partition coefficient (Wildman–Crippen LogP) is 2.71. The van der Waals surface area contributed by atoms with E-state index in [1.165, 1.54) is 30.9 Å². The Hall–Kier alpha value is -2.49. The molecule has 0 aliphatic carbocycles. The molecule has 0 spiro atoms. The summed E-state index contributed by atoms with van der Waals surface area (Å²) in [6.45, 7) is 1.74. The van der Waals surface area contributed by atoms with Crippen LogP contribution in [0.1, 0.15) is 12.5 Å². The largest absolute Gasteiger partial charge is 0.493 e. The lowest BCUT2D eigenvalue weighted by molar-refractivity contribution is 0.354. The molecule has 0 bridgehead atoms. The Morgan fingerprint density at radius 1 is 1.17 bits per heavy atom. The molecular weight excluding hydrogens is 420 g/mol. The molecule has 3 aromatic rings. The summed E-state index contributed by atoms with van der Waals surface area (Å²) in [6, 6.07) is 7.61. The van der Waals surface area contributed by atoms with Gasteiger partial charge in [0.1, 0.15) is 4.90 Å². The summed E-state index contributed by atoms with van der Waals surface area (Å²) >= 11 is 6.18. The number of nitrogens with zero attached hydrogens (tertiary/aromatic N) is 1. The van der Waals surface area contributed by atoms with E-state index in [2.05, 4.69) is 4.72 Å². The summed E-state index contributed by atoms with van der Waals surface area (Å²) in [4.78, 5) is 11.5. The number of sulfonamides is 1. The molecule has 1 N–H and O–H groups in total. The third-order valence-electron chi connectivity index (χ3n) is 4.48. The second-order valence-corrected chi connectivity index (χ2v) is 8.68. The summed E-state index contributed by atoms with van der Waals surface area (Å²) in [5, 5.41) is -0.000262. The molecule has 1 aromatic heterocycles. The van der Waals surface area contributed by atoms with Crippen LogP contribution in [-0.2, 0) is 23.5 Å². The van der Waals surface area contributed by atoms with Gasteiger partial charge >= 0.3 is 5.76 Å². The summed E-state index contributed by atoms with van der Waals surface area (Å²) in [5.41, 5.74) is 1.43. The molecule has 0 aliphatic heterocycles. The van der Waals surface area contributed by atoms with Crippen molar-refractivity contribution >= 4 is 32.7 Å². The van der Waals surface area contributed by atoms with Gasteiger partial charge in [-0.3, -0.25) is 4.57 Å². The van der Waals surface area contributed by atoms with Crippen LogP contribution in [0, 0.1) is 0 Å². The molecule has 8 nitrogen and oxygen atoms in total. The SMILES string of the molecule is COc1ccc(C[C@H](C)NS(=O)(=O)c2cc3oc(=O)n(C)c3cc2Cl)cc1OC. The molecule has 0 aliphatic rings. The lowest BCUT2D eigenvalue weighted by Crippen LogP contribution is -2.34. The van der Waals surface area contributed by atoms with Gasteiger partial charge in [0.15, 0.2) is 17.1 Å². The van der Waals surface area contributed by atoms with Crippen LogP contribution >= 0.6 is 11.6 Å². The summed E-state index contributed by atoms with van der Waals surface area (Å²) in [6.07, 6.45) is 0.417. The van der Waals surface area contributed by atoms with Gasteiger partial charge in [-0.1, -0.05) is 17.7 Å². The van der Waals surface area contributed by atoms with Gasteiger partial charge in [-0.15, -0.1) is 0 Å². The van der Waals surface area contributed by atoms with Crippen LogP contribution in [0.5, 0.6) is 11.5 Å². The van der Waals surface area contributed by atoms with E-state index in [0.29, 0.717) is 23.4 Å². The zero-order chi connectivity index (χ0) is 21.3. The maximum absolute atomic E-state index is 12.8. The van der Waals surface area contributed by atoms with E-state index >= 15 is 0 Å². The van der Waals surface area contributed by atoms with E-state index < -0.39 is 21.8 Å². The van der Waals surface area contributed by atoms with Crippen molar-refractivity contribution in [1.82, 2.24) is 9.29 Å². The van der Waals surface area contributed by atoms with Gasteiger partial charge in [-0.05, 0) is 37.1 Å². The zero-order valence-corrected chi connectivity index (χ0v) is 17.9. The van der Waals surface area contributed by atoms with Crippen LogP contribution in [-0.4, -0.2) is 33.2 Å². The minimum Gasteiger partial charge on any atom is -0.493 e. The average molecular weight is 441 g/mol. The molecule has 0 amide bonds. The van der Waals surface area contributed by atoms with Gasteiger partial charge in [-0.25, -0.2) is 17.9 Å². The molecule has 2 aromatic carbocycles. The zero-order valence-electron chi connectivity index (χ0n) is 16.4. The van der Waals surface area contributed by atoms with Crippen LogP contribution in [0.25, 0.3) is 11.1 Å². The molecule has 3 rings (SSSR count). The molecule has 0 unspecified atom stereocenters. The van der Waals surface area contributed by atoms with Gasteiger partial charge in [0.25, 0.3) is 0 Å². The maximum Gasteiger partial charge on any atom is 0.419 e. The molecule has 1 atom stereocenters. The molecule has 0 saturated carbocycles. The van der Waals surface area contributed by atoms with Crippen molar-refractivity contribution in [2.45, 2.75) is 24.3 Å². The van der Waals surface area contributed by atoms with Crippen LogP contribution in [0.3, 0.4) is 0 Å². The Morgan fingerprint density at radius 2 is 1.86 bits per heavy atom. The first-order valence-electron chi connectivity index (χ1n) is 8.68. The third kappa shape index (κ3) is 4.26. The topological polar surface area (TPSA) is 99.8 Å². The van der Waals surface area contributed by atoms with E-state index in [-0.39, 0.29) is 15.5 Å². The van der Waals surface area contributed by atoms with Crippen LogP contribution in [0.4, 0.5) is 0 Å². The maximum atomic E-state index is 12.8. The summed E-state index contributed by atoms with van der Waals surface area (Å²) in [7, 11) is 0.654. The number of hydrogen-bond donors (Lipinski definition) is 1. The van der Waals surface area contributed by atoms with Crippen LogP contribution in [0.2, 0.25) is 5.02 Å². The normalized spacial score (nSPS) is 12.9. The van der Waals surface area contributed by atoms with Gasteiger partial charge in [0.05, 0.1) is 24.8 Å². The third-order valence-corrected chi connectivity index (χ3v) is 6.54. The number of fused-ring (bicyclic) bond motifs is 1. The van der Waals surface area contributed by atoms with Crippen molar-refractivity contribution in [1.29, 1.82) is 0 Å². The molecule has 0 saturated heterocycles. The lowest BCUT2D eigenvalue weighted by Gasteiger charge is -2.16. The molecule has 0 radical (unpaired) electrons. The highest BCUT2D eigenvalue weighted by Crippen LogP contribution is 2.29. The monoisotopic (exact) mass is 440 g/mol. The number of halogens is 1. The average Bonchev–Trinajstić information content (AvgIpc) is 2.94. The van der Waals surface area contributed by atoms with E-state index in [1.54, 1.807) is 26.2 Å². The second kappa shape index (κ2) is 8.10. The number of rotatable bonds is 7. The standard InChI is InChI=1S/C19H21ClN2O6S/c1-11(7-12-5-6-15(26-3)17(8-12)27-4)21-29(24,25)18-10-16-14(9-13(18)20)22(2)19(23)28-16/h5-6,8-11,21H,7H2,1-4H3/t11-/m0/s1. The molecule has 0 fully saturated rings. The number of oxazole rings is 1. The predicted molar refractivity (Wildman–Crippen MR) is 109 cm³/mol. The van der Waals surface area contributed by atoms with Crippen molar-refractivity contribution in [3.8, 4) is 11.5 Å². The van der Waals surface area contributed by atoms with E-state index in [9.17, 15) is 13.2 Å². The number of methoxy groups -OCH3 is 2.